The van der Waals surface area contributed by atoms with Gasteiger partial charge in [-0.2, -0.15) is 0 Å². The van der Waals surface area contributed by atoms with Crippen molar-refractivity contribution in [3.8, 4) is 24.7 Å². The molecule has 9 heteroatoms. The van der Waals surface area contributed by atoms with Crippen LogP contribution in [0.2, 0.25) is 0 Å². The van der Waals surface area contributed by atoms with Crippen LogP contribution in [0.5, 0.6) is 0 Å². The zero-order valence-electron chi connectivity index (χ0n) is 19.7. The monoisotopic (exact) mass is 506 g/mol. The number of nitrogens with one attached hydrogen (secondary N) is 2. The smallest absolute Gasteiger partial charge is 0.407 e. The molecule has 0 unspecified atom stereocenters. The van der Waals surface area contributed by atoms with Gasteiger partial charge in [-0.25, -0.2) is 9.59 Å². The first-order valence-electron chi connectivity index (χ1n) is 9.88. The lowest BCUT2D eigenvalue weighted by molar-refractivity contribution is 0.0511. The Balaban J connectivity index is -0.000000438. The van der Waals surface area contributed by atoms with Crippen LogP contribution < -0.4 is 10.6 Å². The lowest BCUT2D eigenvalue weighted by atomic mass is 10.2. The van der Waals surface area contributed by atoms with Crippen molar-refractivity contribution in [2.24, 2.45) is 0 Å². The Labute approximate surface area is 196 Å². The summed E-state index contributed by atoms with van der Waals surface area (Å²) < 4.78 is 15.0. The van der Waals surface area contributed by atoms with E-state index in [1.807, 2.05) is 20.8 Å². The van der Waals surface area contributed by atoms with E-state index in [1.54, 1.807) is 20.8 Å². The molecule has 0 aromatic carbocycles. The predicted molar refractivity (Wildman–Crippen MR) is 127 cm³/mol. The van der Waals surface area contributed by atoms with Crippen molar-refractivity contribution in [2.75, 3.05) is 38.2 Å². The average Bonchev–Trinajstić information content (AvgIpc) is 2.62. The minimum Gasteiger partial charge on any atom is -0.444 e. The summed E-state index contributed by atoms with van der Waals surface area (Å²) in [7, 11) is 0. The molecule has 0 aromatic rings. The molecule has 3 N–H and O–H groups in total. The highest BCUT2D eigenvalue weighted by molar-refractivity contribution is 9.09. The van der Waals surface area contributed by atoms with E-state index >= 15 is 0 Å². The summed E-state index contributed by atoms with van der Waals surface area (Å²) >= 11 is 3.01. The fourth-order valence-electron chi connectivity index (χ4n) is 1.39. The molecule has 2 amide bonds. The third-order valence-electron chi connectivity index (χ3n) is 2.40. The molecule has 0 spiro atoms. The second-order valence-electron chi connectivity index (χ2n) is 7.88. The maximum atomic E-state index is 11.1. The second kappa shape index (κ2) is 21.3. The molecule has 180 valence electrons. The Bertz CT molecular complexity index is 542. The van der Waals surface area contributed by atoms with Gasteiger partial charge < -0.3 is 30.0 Å². The summed E-state index contributed by atoms with van der Waals surface area (Å²) in [5.74, 6) is 4.71. The van der Waals surface area contributed by atoms with Crippen LogP contribution in [0, 0.1) is 24.7 Å². The van der Waals surface area contributed by atoms with Gasteiger partial charge in [0.05, 0.1) is 5.33 Å². The fourth-order valence-corrected chi connectivity index (χ4v) is 1.39. The Hall–Kier alpha value is -1.94. The van der Waals surface area contributed by atoms with E-state index in [0.29, 0.717) is 38.1 Å². The van der Waals surface area contributed by atoms with Crippen LogP contribution in [0.25, 0.3) is 0 Å². The SMILES string of the molecule is C#CCBr.C#CCOCCCNC(=O)OC(C)(C)C.CC(C)(C)OC(=O)NCCCO. The number of hydrogen-bond acceptors (Lipinski definition) is 6. The van der Waals surface area contributed by atoms with Crippen LogP contribution in [0.1, 0.15) is 54.4 Å². The van der Waals surface area contributed by atoms with Crippen molar-refractivity contribution in [3.63, 3.8) is 0 Å². The first-order valence-corrected chi connectivity index (χ1v) is 11.0. The molecule has 0 aromatic heterocycles. The number of carbonyl (C=O) groups excluding carboxylic acids is 2. The third kappa shape index (κ3) is 39.2. The average molecular weight is 507 g/mol. The minimum atomic E-state index is -0.455. The number of halogens is 1. The van der Waals surface area contributed by atoms with Gasteiger partial charge in [0.1, 0.15) is 17.8 Å². The molecule has 8 nitrogen and oxygen atoms in total. The summed E-state index contributed by atoms with van der Waals surface area (Å²) in [5, 5.41) is 14.2. The Morgan fingerprint density at radius 2 is 1.32 bits per heavy atom. The van der Waals surface area contributed by atoms with E-state index in [4.69, 9.17) is 32.2 Å². The number of hydrogen-bond donors (Lipinski definition) is 3. The van der Waals surface area contributed by atoms with Gasteiger partial charge in [-0.3, -0.25) is 0 Å². The highest BCUT2D eigenvalue weighted by Crippen LogP contribution is 2.06. The molecule has 0 aliphatic carbocycles. The molecule has 0 saturated heterocycles. The summed E-state index contributed by atoms with van der Waals surface area (Å²) in [6.07, 6.45) is 10.2. The Kier molecular flexibility index (Phi) is 23.1. The second-order valence-corrected chi connectivity index (χ2v) is 8.44. The van der Waals surface area contributed by atoms with Crippen LogP contribution in [-0.4, -0.2) is 66.7 Å². The number of ether oxygens (including phenoxy) is 3. The van der Waals surface area contributed by atoms with Crippen molar-refractivity contribution >= 4 is 28.1 Å². The normalized spacial score (nSPS) is 10.0. The maximum Gasteiger partial charge on any atom is 0.407 e. The van der Waals surface area contributed by atoms with E-state index < -0.39 is 23.4 Å². The zero-order chi connectivity index (χ0) is 24.8. The van der Waals surface area contributed by atoms with Crippen LogP contribution in [0.15, 0.2) is 0 Å². The van der Waals surface area contributed by atoms with Crippen molar-refractivity contribution in [3.05, 3.63) is 0 Å². The maximum absolute atomic E-state index is 11.1. The molecular weight excluding hydrogens is 468 g/mol. The highest BCUT2D eigenvalue weighted by atomic mass is 79.9. The van der Waals surface area contributed by atoms with Crippen molar-refractivity contribution in [2.45, 2.75) is 65.6 Å². The predicted octanol–water partition coefficient (Wildman–Crippen LogP) is 3.46. The molecule has 0 radical (unpaired) electrons. The zero-order valence-corrected chi connectivity index (χ0v) is 21.3. The van der Waals surface area contributed by atoms with Gasteiger partial charge >= 0.3 is 12.2 Å². The molecule has 0 aliphatic heterocycles. The van der Waals surface area contributed by atoms with E-state index in [9.17, 15) is 9.59 Å². The van der Waals surface area contributed by atoms with Crippen LogP contribution in [-0.2, 0) is 14.2 Å². The molecule has 0 aliphatic rings. The van der Waals surface area contributed by atoms with Gasteiger partial charge in [0.15, 0.2) is 0 Å². The summed E-state index contributed by atoms with van der Waals surface area (Å²) in [6, 6.07) is 0. The van der Waals surface area contributed by atoms with Gasteiger partial charge in [0.2, 0.25) is 0 Å². The van der Waals surface area contributed by atoms with Crippen LogP contribution in [0.4, 0.5) is 9.59 Å². The van der Waals surface area contributed by atoms with Gasteiger partial charge in [-0.05, 0) is 54.4 Å². The standard InChI is InChI=1S/C11H19NO3.C8H17NO3.C3H3Br/c1-5-8-14-9-6-7-12-10(13)15-11(2,3)4;1-8(2,3)12-7(11)9-5-4-6-10;1-2-3-4/h1H,6-9H2,2-4H3,(H,12,13);10H,4-6H2,1-3H3,(H,9,11);1H,3H2. The molecule has 0 atom stereocenters. The lowest BCUT2D eigenvalue weighted by Gasteiger charge is -2.19. The molecule has 0 heterocycles. The molecule has 31 heavy (non-hydrogen) atoms. The number of rotatable bonds is 8. The summed E-state index contributed by atoms with van der Waals surface area (Å²) in [4.78, 5) is 22.1. The Morgan fingerprint density at radius 1 is 0.903 bits per heavy atom. The number of aliphatic hydroxyl groups is 1. The van der Waals surface area contributed by atoms with Crippen LogP contribution in [0.3, 0.4) is 0 Å². The third-order valence-corrected chi connectivity index (χ3v) is 2.72. The molecular formula is C22H39BrN2O6. The summed E-state index contributed by atoms with van der Waals surface area (Å²) in [6.45, 7) is 12.8. The first-order chi connectivity index (χ1) is 14.3. The summed E-state index contributed by atoms with van der Waals surface area (Å²) in [5.41, 5.74) is -0.909. The number of carbonyl (C=O) groups is 2. The minimum absolute atomic E-state index is 0.0792. The molecule has 0 rings (SSSR count). The quantitative estimate of drug-likeness (QED) is 0.264. The van der Waals surface area contributed by atoms with Crippen molar-refractivity contribution in [1.29, 1.82) is 0 Å². The largest absolute Gasteiger partial charge is 0.444 e. The van der Waals surface area contributed by atoms with E-state index in [1.165, 1.54) is 0 Å². The molecule has 0 bridgehead atoms. The number of terminal acetylenes is 2. The van der Waals surface area contributed by atoms with Gasteiger partial charge in [-0.1, -0.05) is 27.8 Å². The van der Waals surface area contributed by atoms with E-state index in [0.717, 1.165) is 6.42 Å². The van der Waals surface area contributed by atoms with Crippen LogP contribution >= 0.6 is 15.9 Å². The topological polar surface area (TPSA) is 106 Å². The number of amides is 2. The molecule has 0 saturated carbocycles. The fraction of sp³-hybridized carbons (Fsp3) is 0.727. The van der Waals surface area contributed by atoms with Gasteiger partial charge in [0, 0.05) is 26.3 Å². The van der Waals surface area contributed by atoms with Gasteiger partial charge in [0.25, 0.3) is 0 Å². The number of alkyl carbamates (subject to hydrolysis) is 2. The Morgan fingerprint density at radius 3 is 1.65 bits per heavy atom. The van der Waals surface area contributed by atoms with Gasteiger partial charge in [-0.15, -0.1) is 12.8 Å². The van der Waals surface area contributed by atoms with Crippen molar-refractivity contribution in [1.82, 2.24) is 10.6 Å². The first kappa shape index (κ1) is 33.7. The number of aliphatic hydroxyl groups excluding tert-OH is 1. The van der Waals surface area contributed by atoms with Crippen molar-refractivity contribution < 1.29 is 28.9 Å². The van der Waals surface area contributed by atoms with E-state index in [2.05, 4.69) is 38.4 Å². The lowest BCUT2D eigenvalue weighted by Crippen LogP contribution is -2.33. The van der Waals surface area contributed by atoms with E-state index in [-0.39, 0.29) is 6.61 Å². The number of alkyl halides is 1. The molecule has 0 fully saturated rings. The highest BCUT2D eigenvalue weighted by Gasteiger charge is 2.15.